The van der Waals surface area contributed by atoms with Crippen LogP contribution in [0.15, 0.2) is 12.3 Å². The summed E-state index contributed by atoms with van der Waals surface area (Å²) in [6.45, 7) is 0.943. The van der Waals surface area contributed by atoms with Crippen molar-refractivity contribution in [2.24, 2.45) is 0 Å². The third-order valence-corrected chi connectivity index (χ3v) is 3.56. The van der Waals surface area contributed by atoms with Gasteiger partial charge in [0.2, 0.25) is 0 Å². The Hall–Kier alpha value is -0.640. The Kier molecular flexibility index (Phi) is 5.52. The summed E-state index contributed by atoms with van der Waals surface area (Å²) in [6.07, 6.45) is 7.04. The summed E-state index contributed by atoms with van der Waals surface area (Å²) in [5.41, 5.74) is 0. The fourth-order valence-corrected chi connectivity index (χ4v) is 2.61. The zero-order valence-corrected chi connectivity index (χ0v) is 9.31. The van der Waals surface area contributed by atoms with Crippen molar-refractivity contribution < 1.29 is 9.53 Å². The van der Waals surface area contributed by atoms with Gasteiger partial charge in [0.15, 0.2) is 0 Å². The molecular formula is C10H17NO2S. The summed E-state index contributed by atoms with van der Waals surface area (Å²) in [5, 5.41) is 3.82. The second-order valence-electron chi connectivity index (χ2n) is 3.25. The molecule has 1 fully saturated rings. The molecule has 0 aliphatic carbocycles. The van der Waals surface area contributed by atoms with E-state index in [1.807, 2.05) is 11.8 Å². The van der Waals surface area contributed by atoms with Gasteiger partial charge in [-0.3, -0.25) is 0 Å². The standard InChI is InChI=1S/C10H17NO2S/c1-13-10(12)5-6-11-8-9-4-2-3-7-14-9/h5-6,9,11H,2-4,7-8H2,1H3/b6-5+. The van der Waals surface area contributed by atoms with Crippen LogP contribution in [0, 0.1) is 0 Å². The van der Waals surface area contributed by atoms with Crippen LogP contribution in [0.25, 0.3) is 0 Å². The fourth-order valence-electron chi connectivity index (χ4n) is 1.36. The van der Waals surface area contributed by atoms with Crippen LogP contribution in [-0.2, 0) is 9.53 Å². The predicted octanol–water partition coefficient (Wildman–Crippen LogP) is 1.55. The van der Waals surface area contributed by atoms with Crippen molar-refractivity contribution in [2.45, 2.75) is 24.5 Å². The van der Waals surface area contributed by atoms with Crippen molar-refractivity contribution in [3.05, 3.63) is 12.3 Å². The Morgan fingerprint density at radius 2 is 2.50 bits per heavy atom. The molecule has 0 aromatic carbocycles. The van der Waals surface area contributed by atoms with E-state index in [0.717, 1.165) is 6.54 Å². The van der Waals surface area contributed by atoms with Gasteiger partial charge in [0.25, 0.3) is 0 Å². The van der Waals surface area contributed by atoms with Gasteiger partial charge in [0.05, 0.1) is 7.11 Å². The van der Waals surface area contributed by atoms with Crippen LogP contribution in [0.1, 0.15) is 19.3 Å². The highest BCUT2D eigenvalue weighted by Gasteiger charge is 2.12. The highest BCUT2D eigenvalue weighted by atomic mass is 32.2. The molecule has 1 aliphatic rings. The number of rotatable bonds is 4. The van der Waals surface area contributed by atoms with Gasteiger partial charge < -0.3 is 10.1 Å². The summed E-state index contributed by atoms with van der Waals surface area (Å²) >= 11 is 2.02. The van der Waals surface area contributed by atoms with Gasteiger partial charge in [0.1, 0.15) is 0 Å². The summed E-state index contributed by atoms with van der Waals surface area (Å²) < 4.78 is 4.47. The summed E-state index contributed by atoms with van der Waals surface area (Å²) in [4.78, 5) is 10.7. The molecule has 3 nitrogen and oxygen atoms in total. The van der Waals surface area contributed by atoms with Crippen LogP contribution in [0.2, 0.25) is 0 Å². The number of nitrogens with one attached hydrogen (secondary N) is 1. The van der Waals surface area contributed by atoms with Crippen molar-refractivity contribution in [1.82, 2.24) is 5.32 Å². The molecule has 0 aromatic rings. The minimum Gasteiger partial charge on any atom is -0.466 e. The zero-order chi connectivity index (χ0) is 10.2. The van der Waals surface area contributed by atoms with Gasteiger partial charge in [-0.15, -0.1) is 0 Å². The smallest absolute Gasteiger partial charge is 0.331 e. The molecule has 1 heterocycles. The fraction of sp³-hybridized carbons (Fsp3) is 0.700. The third-order valence-electron chi connectivity index (χ3n) is 2.16. The molecule has 0 bridgehead atoms. The number of carbonyl (C=O) groups excluding carboxylic acids is 1. The van der Waals surface area contributed by atoms with Gasteiger partial charge >= 0.3 is 5.97 Å². The first-order chi connectivity index (χ1) is 6.83. The van der Waals surface area contributed by atoms with Crippen LogP contribution in [0.4, 0.5) is 0 Å². The van der Waals surface area contributed by atoms with Gasteiger partial charge in [-0.2, -0.15) is 11.8 Å². The monoisotopic (exact) mass is 215 g/mol. The molecule has 0 aromatic heterocycles. The first-order valence-corrected chi connectivity index (χ1v) is 5.97. The van der Waals surface area contributed by atoms with Gasteiger partial charge in [-0.25, -0.2) is 4.79 Å². The van der Waals surface area contributed by atoms with Gasteiger partial charge in [-0.05, 0) is 18.6 Å². The van der Waals surface area contributed by atoms with Crippen molar-refractivity contribution in [1.29, 1.82) is 0 Å². The normalized spacial score (nSPS) is 22.2. The summed E-state index contributed by atoms with van der Waals surface area (Å²) in [7, 11) is 1.38. The molecule has 14 heavy (non-hydrogen) atoms. The number of methoxy groups -OCH3 is 1. The van der Waals surface area contributed by atoms with E-state index in [1.54, 1.807) is 6.20 Å². The molecule has 4 heteroatoms. The molecule has 1 aliphatic heterocycles. The van der Waals surface area contributed by atoms with Crippen molar-refractivity contribution in [2.75, 3.05) is 19.4 Å². The van der Waals surface area contributed by atoms with Crippen molar-refractivity contribution >= 4 is 17.7 Å². The first kappa shape index (κ1) is 11.4. The Balaban J connectivity index is 2.07. The second kappa shape index (κ2) is 6.76. The summed E-state index contributed by atoms with van der Waals surface area (Å²) in [5.74, 6) is 0.960. The number of ether oxygens (including phenoxy) is 1. The van der Waals surface area contributed by atoms with Crippen LogP contribution >= 0.6 is 11.8 Å². The maximum Gasteiger partial charge on any atom is 0.331 e. The number of carbonyl (C=O) groups is 1. The van der Waals surface area contributed by atoms with E-state index in [2.05, 4.69) is 10.1 Å². The molecule has 1 unspecified atom stereocenters. The first-order valence-electron chi connectivity index (χ1n) is 4.92. The Morgan fingerprint density at radius 3 is 3.14 bits per heavy atom. The third kappa shape index (κ3) is 4.56. The van der Waals surface area contributed by atoms with E-state index in [-0.39, 0.29) is 5.97 Å². The lowest BCUT2D eigenvalue weighted by atomic mass is 10.2. The average Bonchev–Trinajstić information content (AvgIpc) is 2.25. The molecule has 1 saturated heterocycles. The predicted molar refractivity (Wildman–Crippen MR) is 59.3 cm³/mol. The van der Waals surface area contributed by atoms with Crippen molar-refractivity contribution in [3.63, 3.8) is 0 Å². The molecule has 1 rings (SSSR count). The largest absolute Gasteiger partial charge is 0.466 e. The van der Waals surface area contributed by atoms with E-state index < -0.39 is 0 Å². The quantitative estimate of drug-likeness (QED) is 0.570. The van der Waals surface area contributed by atoms with E-state index >= 15 is 0 Å². The Bertz CT molecular complexity index is 200. The molecule has 80 valence electrons. The van der Waals surface area contributed by atoms with E-state index in [9.17, 15) is 4.79 Å². The number of hydrogen-bond donors (Lipinski definition) is 1. The lowest BCUT2D eigenvalue weighted by Gasteiger charge is -2.20. The van der Waals surface area contributed by atoms with Gasteiger partial charge in [0, 0.05) is 24.1 Å². The molecular weight excluding hydrogens is 198 g/mol. The minimum atomic E-state index is -0.311. The lowest BCUT2D eigenvalue weighted by molar-refractivity contribution is -0.134. The Morgan fingerprint density at radius 1 is 1.64 bits per heavy atom. The molecule has 1 atom stereocenters. The SMILES string of the molecule is COC(=O)/C=C/NCC1CCCCS1. The summed E-state index contributed by atoms with van der Waals surface area (Å²) in [6, 6.07) is 0. The number of hydrogen-bond acceptors (Lipinski definition) is 4. The van der Waals surface area contributed by atoms with E-state index in [1.165, 1.54) is 38.2 Å². The topological polar surface area (TPSA) is 38.3 Å². The van der Waals surface area contributed by atoms with Crippen LogP contribution in [0.3, 0.4) is 0 Å². The van der Waals surface area contributed by atoms with Crippen molar-refractivity contribution in [3.8, 4) is 0 Å². The lowest BCUT2D eigenvalue weighted by Crippen LogP contribution is -2.23. The van der Waals surface area contributed by atoms with Crippen LogP contribution in [0.5, 0.6) is 0 Å². The molecule has 1 N–H and O–H groups in total. The second-order valence-corrected chi connectivity index (χ2v) is 4.66. The van der Waals surface area contributed by atoms with E-state index in [4.69, 9.17) is 0 Å². The number of thioether (sulfide) groups is 1. The molecule has 0 radical (unpaired) electrons. The maximum absolute atomic E-state index is 10.7. The highest BCUT2D eigenvalue weighted by molar-refractivity contribution is 7.99. The molecule has 0 spiro atoms. The molecule has 0 amide bonds. The maximum atomic E-state index is 10.7. The number of esters is 1. The highest BCUT2D eigenvalue weighted by Crippen LogP contribution is 2.24. The zero-order valence-electron chi connectivity index (χ0n) is 8.49. The Labute approximate surface area is 89.3 Å². The van der Waals surface area contributed by atoms with Crippen LogP contribution < -0.4 is 5.32 Å². The van der Waals surface area contributed by atoms with E-state index in [0.29, 0.717) is 5.25 Å². The average molecular weight is 215 g/mol. The van der Waals surface area contributed by atoms with Crippen LogP contribution in [-0.4, -0.2) is 30.6 Å². The van der Waals surface area contributed by atoms with Gasteiger partial charge in [-0.1, -0.05) is 6.42 Å². The molecule has 0 saturated carbocycles. The minimum absolute atomic E-state index is 0.311.